The van der Waals surface area contributed by atoms with Crippen molar-refractivity contribution >= 4 is 11.9 Å². The predicted octanol–water partition coefficient (Wildman–Crippen LogP) is 1.26. The van der Waals surface area contributed by atoms with Gasteiger partial charge in [0.15, 0.2) is 0 Å². The van der Waals surface area contributed by atoms with Crippen LogP contribution in [-0.4, -0.2) is 72.4 Å². The van der Waals surface area contributed by atoms with Gasteiger partial charge in [0.05, 0.1) is 30.6 Å². The van der Waals surface area contributed by atoms with E-state index in [-0.39, 0.29) is 30.3 Å². The number of methoxy groups -OCH3 is 1. The summed E-state index contributed by atoms with van der Waals surface area (Å²) in [4.78, 5) is 55.3. The van der Waals surface area contributed by atoms with E-state index in [1.807, 2.05) is 0 Å². The first kappa shape index (κ1) is 25.9. The van der Waals surface area contributed by atoms with Gasteiger partial charge in [-0.3, -0.25) is 24.1 Å². The molecule has 0 saturated carbocycles. The fourth-order valence-electron chi connectivity index (χ4n) is 4.16. The molecule has 3 aromatic rings. The number of alkyl halides is 2. The molecule has 1 fully saturated rings. The van der Waals surface area contributed by atoms with Crippen LogP contribution in [0.15, 0.2) is 46.4 Å². The van der Waals surface area contributed by atoms with Crippen LogP contribution in [0.4, 0.5) is 8.78 Å². The molecule has 37 heavy (non-hydrogen) atoms. The number of halogens is 2. The highest BCUT2D eigenvalue weighted by atomic mass is 19.3. The SMILES string of the molecule is COC(=O)c1ccc(-c2cn(CC(F)(F)CCC(=O)N3CCCC(n4ccc(=O)[nH]c4=O)C3)nn2)nc1. The van der Waals surface area contributed by atoms with Gasteiger partial charge in [0.1, 0.15) is 12.2 Å². The number of pyridine rings is 1. The van der Waals surface area contributed by atoms with Crippen molar-refractivity contribution in [3.8, 4) is 11.4 Å². The van der Waals surface area contributed by atoms with Gasteiger partial charge in [0, 0.05) is 44.4 Å². The summed E-state index contributed by atoms with van der Waals surface area (Å²) in [5.74, 6) is -4.22. The molecule has 14 heteroatoms. The number of H-pyrrole nitrogens is 1. The van der Waals surface area contributed by atoms with Gasteiger partial charge in [-0.05, 0) is 25.0 Å². The highest BCUT2D eigenvalue weighted by Crippen LogP contribution is 2.26. The van der Waals surface area contributed by atoms with Crippen LogP contribution in [-0.2, 0) is 16.1 Å². The zero-order chi connectivity index (χ0) is 26.6. The van der Waals surface area contributed by atoms with E-state index >= 15 is 0 Å². The van der Waals surface area contributed by atoms with Crippen LogP contribution in [0.5, 0.6) is 0 Å². The van der Waals surface area contributed by atoms with E-state index in [4.69, 9.17) is 0 Å². The summed E-state index contributed by atoms with van der Waals surface area (Å²) in [6.07, 6.45) is 4.15. The van der Waals surface area contributed by atoms with E-state index in [9.17, 15) is 28.0 Å². The van der Waals surface area contributed by atoms with Crippen molar-refractivity contribution in [1.29, 1.82) is 0 Å². The zero-order valence-electron chi connectivity index (χ0n) is 20.0. The van der Waals surface area contributed by atoms with E-state index in [1.54, 1.807) is 0 Å². The summed E-state index contributed by atoms with van der Waals surface area (Å²) in [7, 11) is 1.25. The molecule has 0 bridgehead atoms. The second-order valence-electron chi connectivity index (χ2n) is 8.73. The predicted molar refractivity (Wildman–Crippen MR) is 125 cm³/mol. The normalized spacial score (nSPS) is 16.0. The second-order valence-corrected chi connectivity index (χ2v) is 8.73. The van der Waals surface area contributed by atoms with Crippen LogP contribution in [0.3, 0.4) is 0 Å². The number of aromatic amines is 1. The van der Waals surface area contributed by atoms with Gasteiger partial charge in [-0.25, -0.2) is 23.1 Å². The standard InChI is InChI=1S/C23H25F2N7O5/c1-37-21(35)15-4-5-17(26-11-15)18-13-31(29-28-18)14-23(24,25)8-6-20(34)30-9-2-3-16(12-30)32-10-7-19(33)27-22(32)36/h4-5,7,10-11,13,16H,2-3,6,8-9,12,14H2,1H3,(H,27,33,36). The molecule has 4 rings (SSSR count). The van der Waals surface area contributed by atoms with Gasteiger partial charge < -0.3 is 9.64 Å². The number of piperidine rings is 1. The largest absolute Gasteiger partial charge is 0.465 e. The van der Waals surface area contributed by atoms with Gasteiger partial charge in [-0.1, -0.05) is 5.21 Å². The van der Waals surface area contributed by atoms with Crippen molar-refractivity contribution in [1.82, 2.24) is 34.4 Å². The lowest BCUT2D eigenvalue weighted by atomic mass is 10.0. The number of rotatable bonds is 8. The molecule has 3 aromatic heterocycles. The van der Waals surface area contributed by atoms with Crippen molar-refractivity contribution in [2.45, 2.75) is 44.2 Å². The molecule has 1 aliphatic rings. The van der Waals surface area contributed by atoms with E-state index in [0.29, 0.717) is 25.1 Å². The van der Waals surface area contributed by atoms with Crippen molar-refractivity contribution < 1.29 is 23.1 Å². The summed E-state index contributed by atoms with van der Waals surface area (Å²) < 4.78 is 36.3. The van der Waals surface area contributed by atoms with Crippen molar-refractivity contribution in [3.63, 3.8) is 0 Å². The minimum atomic E-state index is -3.23. The topological polar surface area (TPSA) is 145 Å². The molecule has 0 aromatic carbocycles. The third-order valence-electron chi connectivity index (χ3n) is 6.08. The first-order valence-electron chi connectivity index (χ1n) is 11.6. The third kappa shape index (κ3) is 6.32. The number of nitrogens with one attached hydrogen (secondary N) is 1. The molecule has 1 atom stereocenters. The van der Waals surface area contributed by atoms with Gasteiger partial charge >= 0.3 is 11.7 Å². The Morgan fingerprint density at radius 1 is 1.22 bits per heavy atom. The monoisotopic (exact) mass is 517 g/mol. The maximum absolute atomic E-state index is 14.7. The number of hydrogen-bond acceptors (Lipinski definition) is 8. The van der Waals surface area contributed by atoms with Crippen molar-refractivity contribution in [2.24, 2.45) is 0 Å². The maximum atomic E-state index is 14.7. The lowest BCUT2D eigenvalue weighted by molar-refractivity contribution is -0.135. The zero-order valence-corrected chi connectivity index (χ0v) is 20.0. The molecular weight excluding hydrogens is 492 g/mol. The first-order chi connectivity index (χ1) is 17.6. The third-order valence-corrected chi connectivity index (χ3v) is 6.08. The number of amides is 1. The molecule has 1 saturated heterocycles. The summed E-state index contributed by atoms with van der Waals surface area (Å²) in [6, 6.07) is 3.87. The molecule has 0 spiro atoms. The highest BCUT2D eigenvalue weighted by molar-refractivity contribution is 5.89. The van der Waals surface area contributed by atoms with Crippen LogP contribution in [0.25, 0.3) is 11.4 Å². The van der Waals surface area contributed by atoms with Crippen molar-refractivity contribution in [2.75, 3.05) is 20.2 Å². The summed E-state index contributed by atoms with van der Waals surface area (Å²) in [6.45, 7) is -0.166. The summed E-state index contributed by atoms with van der Waals surface area (Å²) >= 11 is 0. The lowest BCUT2D eigenvalue weighted by Gasteiger charge is -2.33. The average molecular weight is 517 g/mol. The molecular formula is C23H25F2N7O5. The smallest absolute Gasteiger partial charge is 0.339 e. The van der Waals surface area contributed by atoms with Crippen molar-refractivity contribution in [3.05, 3.63) is 63.2 Å². The number of esters is 1. The number of aromatic nitrogens is 6. The van der Waals surface area contributed by atoms with E-state index in [1.165, 1.54) is 53.4 Å². The minimum absolute atomic E-state index is 0.199. The quantitative estimate of drug-likeness (QED) is 0.440. The molecule has 1 unspecified atom stereocenters. The van der Waals surface area contributed by atoms with Crippen LogP contribution in [0.1, 0.15) is 42.1 Å². The Morgan fingerprint density at radius 2 is 2.03 bits per heavy atom. The molecule has 4 heterocycles. The number of ether oxygens (including phenoxy) is 1. The van der Waals surface area contributed by atoms with E-state index < -0.39 is 42.0 Å². The molecule has 0 aliphatic carbocycles. The van der Waals surface area contributed by atoms with Gasteiger partial charge in [-0.15, -0.1) is 5.10 Å². The average Bonchev–Trinajstić information content (AvgIpc) is 3.34. The summed E-state index contributed by atoms with van der Waals surface area (Å²) in [5, 5.41) is 7.59. The Morgan fingerprint density at radius 3 is 2.73 bits per heavy atom. The molecule has 196 valence electrons. The van der Waals surface area contributed by atoms with Crippen LogP contribution in [0, 0.1) is 0 Å². The van der Waals surface area contributed by atoms with E-state index in [2.05, 4.69) is 25.0 Å². The van der Waals surface area contributed by atoms with Crippen LogP contribution < -0.4 is 11.2 Å². The first-order valence-corrected chi connectivity index (χ1v) is 11.6. The molecule has 1 amide bonds. The Hall–Kier alpha value is -4.23. The van der Waals surface area contributed by atoms with Crippen LogP contribution in [0.2, 0.25) is 0 Å². The Kier molecular flexibility index (Phi) is 7.55. The number of nitrogens with zero attached hydrogens (tertiary/aromatic N) is 6. The minimum Gasteiger partial charge on any atom is -0.465 e. The van der Waals surface area contributed by atoms with Crippen LogP contribution >= 0.6 is 0 Å². The Bertz CT molecular complexity index is 1380. The molecule has 1 N–H and O–H groups in total. The molecule has 1 aliphatic heterocycles. The van der Waals surface area contributed by atoms with E-state index in [0.717, 1.165) is 4.68 Å². The molecule has 0 radical (unpaired) electrons. The lowest BCUT2D eigenvalue weighted by Crippen LogP contribution is -2.44. The Labute approximate surface area is 208 Å². The number of carbonyl (C=O) groups excluding carboxylic acids is 2. The molecule has 12 nitrogen and oxygen atoms in total. The number of likely N-dealkylation sites (tertiary alicyclic amines) is 1. The summed E-state index contributed by atoms with van der Waals surface area (Å²) in [5.41, 5.74) is -0.251. The fourth-order valence-corrected chi connectivity index (χ4v) is 4.16. The second kappa shape index (κ2) is 10.8. The highest BCUT2D eigenvalue weighted by Gasteiger charge is 2.33. The Balaban J connectivity index is 1.32. The van der Waals surface area contributed by atoms with Gasteiger partial charge in [0.2, 0.25) is 5.91 Å². The maximum Gasteiger partial charge on any atom is 0.339 e. The number of carbonyl (C=O) groups is 2. The number of hydrogen-bond donors (Lipinski definition) is 1. The fraction of sp³-hybridized carbons (Fsp3) is 0.435. The van der Waals surface area contributed by atoms with Gasteiger partial charge in [0.25, 0.3) is 11.5 Å². The van der Waals surface area contributed by atoms with Gasteiger partial charge in [-0.2, -0.15) is 0 Å².